The fourth-order valence-electron chi connectivity index (χ4n) is 1.38. The Bertz CT molecular complexity index is 221. The monoisotopic (exact) mass is 180 g/mol. The van der Waals surface area contributed by atoms with Crippen molar-refractivity contribution in [2.75, 3.05) is 0 Å². The molecule has 0 radical (unpaired) electrons. The second kappa shape index (κ2) is 6.64. The van der Waals surface area contributed by atoms with Gasteiger partial charge in [-0.1, -0.05) is 31.9 Å². The first kappa shape index (κ1) is 12.2. The van der Waals surface area contributed by atoms with E-state index in [1.165, 1.54) is 5.57 Å². The zero-order chi connectivity index (χ0) is 10.3. The van der Waals surface area contributed by atoms with Crippen LogP contribution in [0.4, 0.5) is 0 Å². The Balaban J connectivity index is 4.62. The molecule has 0 aromatic carbocycles. The van der Waals surface area contributed by atoms with Gasteiger partial charge < -0.3 is 0 Å². The van der Waals surface area contributed by atoms with Gasteiger partial charge in [0.15, 0.2) is 5.78 Å². The Morgan fingerprint density at radius 1 is 1.31 bits per heavy atom. The molecule has 0 aliphatic heterocycles. The molecule has 0 saturated carbocycles. The van der Waals surface area contributed by atoms with Crippen LogP contribution in [0, 0.1) is 0 Å². The number of carbonyl (C=O) groups excluding carboxylic acids is 1. The van der Waals surface area contributed by atoms with Crippen molar-refractivity contribution in [3.8, 4) is 0 Å². The maximum atomic E-state index is 11.5. The van der Waals surface area contributed by atoms with Gasteiger partial charge in [0, 0.05) is 0 Å². The molecule has 0 heterocycles. The summed E-state index contributed by atoms with van der Waals surface area (Å²) in [6.07, 6.45) is 6.59. The van der Waals surface area contributed by atoms with Crippen LogP contribution in [0.1, 0.15) is 47.0 Å². The van der Waals surface area contributed by atoms with E-state index in [4.69, 9.17) is 0 Å². The van der Waals surface area contributed by atoms with E-state index in [1.54, 1.807) is 12.2 Å². The number of hydrogen-bond acceptors (Lipinski definition) is 1. The fourth-order valence-corrected chi connectivity index (χ4v) is 1.38. The summed E-state index contributed by atoms with van der Waals surface area (Å²) in [5.41, 5.74) is 2.23. The molecule has 1 heteroatoms. The van der Waals surface area contributed by atoms with Gasteiger partial charge in [0.25, 0.3) is 0 Å². The number of ketones is 1. The van der Waals surface area contributed by atoms with Gasteiger partial charge >= 0.3 is 0 Å². The van der Waals surface area contributed by atoms with E-state index in [9.17, 15) is 4.79 Å². The third-order valence-electron chi connectivity index (χ3n) is 2.20. The summed E-state index contributed by atoms with van der Waals surface area (Å²) in [6.45, 7) is 8.05. The van der Waals surface area contributed by atoms with Crippen LogP contribution in [0.5, 0.6) is 0 Å². The first-order valence-electron chi connectivity index (χ1n) is 5.02. The predicted octanol–water partition coefficient (Wildman–Crippen LogP) is 3.66. The molecule has 13 heavy (non-hydrogen) atoms. The minimum absolute atomic E-state index is 0.160. The van der Waals surface area contributed by atoms with E-state index in [-0.39, 0.29) is 5.78 Å². The first-order chi connectivity index (χ1) is 6.17. The van der Waals surface area contributed by atoms with Gasteiger partial charge in [0.1, 0.15) is 0 Å². The molecule has 0 aliphatic rings. The minimum atomic E-state index is 0.160. The summed E-state index contributed by atoms with van der Waals surface area (Å²) in [5, 5.41) is 0. The van der Waals surface area contributed by atoms with Crippen LogP contribution >= 0.6 is 0 Å². The molecule has 0 aliphatic carbocycles. The Labute approximate surface area is 81.5 Å². The maximum Gasteiger partial charge on any atom is 0.181 e. The molecule has 0 spiro atoms. The van der Waals surface area contributed by atoms with Crippen molar-refractivity contribution in [2.24, 2.45) is 0 Å². The van der Waals surface area contributed by atoms with Crippen LogP contribution in [0.2, 0.25) is 0 Å². The number of hydrogen-bond donors (Lipinski definition) is 0. The zero-order valence-corrected chi connectivity index (χ0v) is 9.18. The lowest BCUT2D eigenvalue weighted by atomic mass is 9.99. The van der Waals surface area contributed by atoms with Gasteiger partial charge in [-0.05, 0) is 38.3 Å². The van der Waals surface area contributed by atoms with Gasteiger partial charge in [-0.3, -0.25) is 4.79 Å². The van der Waals surface area contributed by atoms with Gasteiger partial charge in [-0.25, -0.2) is 0 Å². The maximum absolute atomic E-state index is 11.5. The van der Waals surface area contributed by atoms with Crippen LogP contribution in [-0.2, 0) is 4.79 Å². The summed E-state index contributed by atoms with van der Waals surface area (Å²) >= 11 is 0. The molecule has 0 saturated heterocycles. The van der Waals surface area contributed by atoms with Crippen LogP contribution in [-0.4, -0.2) is 5.78 Å². The number of allylic oxidation sites excluding steroid dienone is 4. The average Bonchev–Trinajstić information content (AvgIpc) is 2.13. The van der Waals surface area contributed by atoms with Crippen molar-refractivity contribution in [1.29, 1.82) is 0 Å². The highest BCUT2D eigenvalue weighted by Crippen LogP contribution is 2.15. The molecule has 0 rings (SSSR count). The van der Waals surface area contributed by atoms with Crippen LogP contribution in [0.15, 0.2) is 23.3 Å². The van der Waals surface area contributed by atoms with E-state index in [1.807, 2.05) is 13.8 Å². The summed E-state index contributed by atoms with van der Waals surface area (Å²) in [4.78, 5) is 11.5. The molecular weight excluding hydrogens is 160 g/mol. The summed E-state index contributed by atoms with van der Waals surface area (Å²) in [6, 6.07) is 0. The third-order valence-corrected chi connectivity index (χ3v) is 2.20. The number of rotatable bonds is 5. The van der Waals surface area contributed by atoms with E-state index >= 15 is 0 Å². The molecule has 0 aromatic rings. The highest BCUT2D eigenvalue weighted by molar-refractivity contribution is 6.03. The molecule has 74 valence electrons. The topological polar surface area (TPSA) is 17.1 Å². The first-order valence-corrected chi connectivity index (χ1v) is 5.02. The van der Waals surface area contributed by atoms with Crippen molar-refractivity contribution in [3.63, 3.8) is 0 Å². The van der Waals surface area contributed by atoms with Crippen molar-refractivity contribution >= 4 is 5.78 Å². The number of carbonyl (C=O) groups is 1. The van der Waals surface area contributed by atoms with Gasteiger partial charge in [0.05, 0.1) is 0 Å². The largest absolute Gasteiger partial charge is 0.290 e. The zero-order valence-electron chi connectivity index (χ0n) is 9.18. The van der Waals surface area contributed by atoms with Crippen LogP contribution in [0.3, 0.4) is 0 Å². The molecule has 0 fully saturated rings. The van der Waals surface area contributed by atoms with Gasteiger partial charge in [0.2, 0.25) is 0 Å². The van der Waals surface area contributed by atoms with E-state index in [2.05, 4.69) is 13.8 Å². The lowest BCUT2D eigenvalue weighted by Crippen LogP contribution is -1.99. The standard InChI is InChI=1S/C12H20O/c1-5-8-11(7-3)10(4)12(13)9-6-2/h6,9H,5,7-8H2,1-4H3/b9-6+,11-10+. The third kappa shape index (κ3) is 4.07. The summed E-state index contributed by atoms with van der Waals surface area (Å²) < 4.78 is 0. The van der Waals surface area contributed by atoms with E-state index < -0.39 is 0 Å². The average molecular weight is 180 g/mol. The minimum Gasteiger partial charge on any atom is -0.290 e. The lowest BCUT2D eigenvalue weighted by molar-refractivity contribution is -0.111. The second-order valence-corrected chi connectivity index (χ2v) is 3.20. The molecule has 0 unspecified atom stereocenters. The molecule has 0 amide bonds. The predicted molar refractivity (Wildman–Crippen MR) is 57.7 cm³/mol. The highest BCUT2D eigenvalue weighted by atomic mass is 16.1. The van der Waals surface area contributed by atoms with Crippen LogP contribution < -0.4 is 0 Å². The van der Waals surface area contributed by atoms with E-state index in [0.717, 1.165) is 24.8 Å². The molecule has 0 aromatic heterocycles. The normalized spacial score (nSPS) is 13.2. The van der Waals surface area contributed by atoms with Gasteiger partial charge in [-0.15, -0.1) is 0 Å². The van der Waals surface area contributed by atoms with Gasteiger partial charge in [-0.2, -0.15) is 0 Å². The SMILES string of the molecule is C/C=C/C(=O)/C(C)=C(\CC)CCC. The molecular formula is C12H20O. The molecule has 1 nitrogen and oxygen atoms in total. The Morgan fingerprint density at radius 2 is 1.92 bits per heavy atom. The Hall–Kier alpha value is -0.850. The lowest BCUT2D eigenvalue weighted by Gasteiger charge is -2.06. The molecule has 0 bridgehead atoms. The Morgan fingerprint density at radius 3 is 2.31 bits per heavy atom. The van der Waals surface area contributed by atoms with E-state index in [0.29, 0.717) is 0 Å². The highest BCUT2D eigenvalue weighted by Gasteiger charge is 2.05. The van der Waals surface area contributed by atoms with Crippen molar-refractivity contribution < 1.29 is 4.79 Å². The van der Waals surface area contributed by atoms with Crippen LogP contribution in [0.25, 0.3) is 0 Å². The van der Waals surface area contributed by atoms with Crippen molar-refractivity contribution in [3.05, 3.63) is 23.3 Å². The molecule has 0 atom stereocenters. The summed E-state index contributed by atoms with van der Waals surface area (Å²) in [7, 11) is 0. The van der Waals surface area contributed by atoms with Crippen molar-refractivity contribution in [2.45, 2.75) is 47.0 Å². The molecule has 0 N–H and O–H groups in total. The second-order valence-electron chi connectivity index (χ2n) is 3.20. The summed E-state index contributed by atoms with van der Waals surface area (Å²) in [5.74, 6) is 0.160. The Kier molecular flexibility index (Phi) is 6.21. The fraction of sp³-hybridized carbons (Fsp3) is 0.583. The smallest absolute Gasteiger partial charge is 0.181 e. The quantitative estimate of drug-likeness (QED) is 0.590. The van der Waals surface area contributed by atoms with Crippen molar-refractivity contribution in [1.82, 2.24) is 0 Å².